The summed E-state index contributed by atoms with van der Waals surface area (Å²) >= 11 is 0. The van der Waals surface area contributed by atoms with Crippen LogP contribution in [0.3, 0.4) is 0 Å². The van der Waals surface area contributed by atoms with Gasteiger partial charge in [0.2, 0.25) is 5.91 Å². The first-order valence-corrected chi connectivity index (χ1v) is 17.8. The maximum atomic E-state index is 13.7. The lowest BCUT2D eigenvalue weighted by molar-refractivity contribution is -0.159. The van der Waals surface area contributed by atoms with Crippen LogP contribution in [-0.4, -0.2) is 70.7 Å². The molecule has 3 atom stereocenters. The lowest BCUT2D eigenvalue weighted by Gasteiger charge is -2.27. The van der Waals surface area contributed by atoms with Crippen LogP contribution in [0.15, 0.2) is 30.3 Å². The fraction of sp³-hybridized carbons (Fsp3) is 0.684. The van der Waals surface area contributed by atoms with Gasteiger partial charge in [-0.05, 0) is 87.1 Å². The molecule has 0 unspecified atom stereocenters. The predicted octanol–water partition coefficient (Wildman–Crippen LogP) is 5.81. The van der Waals surface area contributed by atoms with Gasteiger partial charge in [0.1, 0.15) is 41.5 Å². The van der Waals surface area contributed by atoms with Crippen molar-refractivity contribution in [2.24, 2.45) is 0 Å². The van der Waals surface area contributed by atoms with Crippen molar-refractivity contribution in [2.45, 2.75) is 169 Å². The zero-order chi connectivity index (χ0) is 38.8. The number of ether oxygens (including phenoxy) is 4. The van der Waals surface area contributed by atoms with Crippen LogP contribution in [0.25, 0.3) is 0 Å². The Labute approximate surface area is 303 Å². The quantitative estimate of drug-likeness (QED) is 0.0899. The molecular formula is C38H61N3O10. The van der Waals surface area contributed by atoms with E-state index in [0.29, 0.717) is 12.8 Å². The molecular weight excluding hydrogens is 658 g/mol. The Hall–Kier alpha value is -4.16. The van der Waals surface area contributed by atoms with Crippen molar-refractivity contribution in [3.05, 3.63) is 35.9 Å². The molecule has 0 aliphatic heterocycles. The Morgan fingerprint density at radius 2 is 1.08 bits per heavy atom. The van der Waals surface area contributed by atoms with E-state index in [-0.39, 0.29) is 32.3 Å². The number of amides is 3. The number of rotatable bonds is 19. The molecule has 0 aromatic heterocycles. The second-order valence-electron chi connectivity index (χ2n) is 15.5. The molecule has 288 valence electrons. The summed E-state index contributed by atoms with van der Waals surface area (Å²) in [6, 6.07) is 4.56. The zero-order valence-corrected chi connectivity index (χ0v) is 32.3. The van der Waals surface area contributed by atoms with E-state index in [1.807, 2.05) is 18.2 Å². The normalized spacial score (nSPS) is 13.5. The summed E-state index contributed by atoms with van der Waals surface area (Å²) < 4.78 is 21.8. The number of unbranched alkanes of at least 4 members (excludes halogenated alkanes) is 3. The number of nitrogens with one attached hydrogen (secondary N) is 3. The van der Waals surface area contributed by atoms with Crippen LogP contribution in [-0.2, 0) is 49.5 Å². The SMILES string of the molecule is CCCCCC[C@H](NC(=O)[C@H](CCC(=O)OC(C)(C)C)NC(=O)N[C@@H](CCC(=O)OCc1ccccc1)C(=O)OC(C)(C)C)C(=O)OC(C)(C)C. The first-order valence-electron chi connectivity index (χ1n) is 17.8. The average molecular weight is 720 g/mol. The predicted molar refractivity (Wildman–Crippen MR) is 192 cm³/mol. The number of hydrogen-bond acceptors (Lipinski definition) is 10. The highest BCUT2D eigenvalue weighted by Gasteiger charge is 2.32. The topological polar surface area (TPSA) is 175 Å². The number of esters is 4. The minimum atomic E-state index is -1.31. The summed E-state index contributed by atoms with van der Waals surface area (Å²) in [7, 11) is 0. The first kappa shape index (κ1) is 44.9. The molecule has 1 aromatic carbocycles. The van der Waals surface area contributed by atoms with Crippen molar-refractivity contribution in [3.8, 4) is 0 Å². The van der Waals surface area contributed by atoms with Gasteiger partial charge in [0.05, 0.1) is 0 Å². The summed E-state index contributed by atoms with van der Waals surface area (Å²) in [5.74, 6) is -3.31. The molecule has 0 fully saturated rings. The first-order chi connectivity index (χ1) is 23.6. The van der Waals surface area contributed by atoms with E-state index in [1.54, 1.807) is 74.4 Å². The Balaban J connectivity index is 3.18. The van der Waals surface area contributed by atoms with Crippen LogP contribution < -0.4 is 16.0 Å². The zero-order valence-electron chi connectivity index (χ0n) is 32.3. The summed E-state index contributed by atoms with van der Waals surface area (Å²) in [6.07, 6.45) is 2.98. The van der Waals surface area contributed by atoms with Gasteiger partial charge in [0.15, 0.2) is 0 Å². The van der Waals surface area contributed by atoms with E-state index in [2.05, 4.69) is 22.9 Å². The van der Waals surface area contributed by atoms with E-state index in [0.717, 1.165) is 24.8 Å². The average Bonchev–Trinajstić information content (AvgIpc) is 2.99. The van der Waals surface area contributed by atoms with Crippen molar-refractivity contribution in [1.29, 1.82) is 0 Å². The molecule has 0 saturated heterocycles. The van der Waals surface area contributed by atoms with Crippen LogP contribution in [0, 0.1) is 0 Å². The minimum absolute atomic E-state index is 0.0437. The molecule has 3 amide bonds. The van der Waals surface area contributed by atoms with Gasteiger partial charge in [-0.3, -0.25) is 14.4 Å². The molecule has 13 heteroatoms. The van der Waals surface area contributed by atoms with E-state index < -0.39 is 70.7 Å². The highest BCUT2D eigenvalue weighted by molar-refractivity contribution is 5.92. The summed E-state index contributed by atoms with van der Waals surface area (Å²) in [6.45, 7) is 17.4. The lowest BCUT2D eigenvalue weighted by Crippen LogP contribution is -2.56. The smallest absolute Gasteiger partial charge is 0.329 e. The van der Waals surface area contributed by atoms with E-state index in [9.17, 15) is 28.8 Å². The van der Waals surface area contributed by atoms with Crippen LogP contribution in [0.1, 0.15) is 133 Å². The molecule has 1 aromatic rings. The van der Waals surface area contributed by atoms with Crippen molar-refractivity contribution in [1.82, 2.24) is 16.0 Å². The van der Waals surface area contributed by atoms with Crippen LogP contribution in [0.4, 0.5) is 4.79 Å². The molecule has 1 rings (SSSR count). The van der Waals surface area contributed by atoms with Crippen LogP contribution in [0.2, 0.25) is 0 Å². The van der Waals surface area contributed by atoms with Crippen molar-refractivity contribution in [3.63, 3.8) is 0 Å². The second-order valence-corrected chi connectivity index (χ2v) is 15.5. The third kappa shape index (κ3) is 21.6. The van der Waals surface area contributed by atoms with Gasteiger partial charge in [0.25, 0.3) is 0 Å². The summed E-state index contributed by atoms with van der Waals surface area (Å²) in [4.78, 5) is 78.5. The minimum Gasteiger partial charge on any atom is -0.461 e. The monoisotopic (exact) mass is 719 g/mol. The Kier molecular flexibility index (Phi) is 18.7. The number of benzene rings is 1. The van der Waals surface area contributed by atoms with Gasteiger partial charge in [0, 0.05) is 12.8 Å². The van der Waals surface area contributed by atoms with E-state index >= 15 is 0 Å². The highest BCUT2D eigenvalue weighted by atomic mass is 16.6. The molecule has 13 nitrogen and oxygen atoms in total. The van der Waals surface area contributed by atoms with Crippen LogP contribution in [0.5, 0.6) is 0 Å². The standard InChI is InChI=1S/C38H61N3O10/c1-11-12-13-17-20-28(33(45)50-37(5,6)7)39-32(44)27(21-24-31(43)49-36(2,3)4)40-35(47)41-29(34(46)51-38(8,9)10)22-23-30(42)48-25-26-18-15-14-16-19-26/h14-16,18-19,27-29H,11-13,17,20-25H2,1-10H3,(H,39,44)(H2,40,41,47)/t27-,28-,29-/m0/s1. The van der Waals surface area contributed by atoms with Gasteiger partial charge < -0.3 is 34.9 Å². The second kappa shape index (κ2) is 21.3. The van der Waals surface area contributed by atoms with Crippen molar-refractivity contribution in [2.75, 3.05) is 0 Å². The highest BCUT2D eigenvalue weighted by Crippen LogP contribution is 2.16. The van der Waals surface area contributed by atoms with Gasteiger partial charge in [-0.25, -0.2) is 14.4 Å². The molecule has 0 radical (unpaired) electrons. The van der Waals surface area contributed by atoms with Crippen molar-refractivity contribution < 1.29 is 47.7 Å². The van der Waals surface area contributed by atoms with Crippen molar-refractivity contribution >= 4 is 35.8 Å². The molecule has 0 heterocycles. The molecule has 0 spiro atoms. The van der Waals surface area contributed by atoms with E-state index in [4.69, 9.17) is 18.9 Å². The number of carbonyl (C=O) groups is 6. The molecule has 0 saturated carbocycles. The number of carbonyl (C=O) groups excluding carboxylic acids is 6. The largest absolute Gasteiger partial charge is 0.461 e. The van der Waals surface area contributed by atoms with Gasteiger partial charge in [-0.15, -0.1) is 0 Å². The van der Waals surface area contributed by atoms with E-state index in [1.165, 1.54) is 0 Å². The lowest BCUT2D eigenvalue weighted by atomic mass is 10.0. The Bertz CT molecular complexity index is 1280. The third-order valence-corrected chi connectivity index (χ3v) is 6.91. The Morgan fingerprint density at radius 1 is 0.588 bits per heavy atom. The van der Waals surface area contributed by atoms with Crippen LogP contribution >= 0.6 is 0 Å². The third-order valence-electron chi connectivity index (χ3n) is 6.91. The number of hydrogen-bond donors (Lipinski definition) is 3. The summed E-state index contributed by atoms with van der Waals surface area (Å²) in [5.41, 5.74) is -1.69. The maximum Gasteiger partial charge on any atom is 0.329 e. The van der Waals surface area contributed by atoms with Gasteiger partial charge in [-0.2, -0.15) is 0 Å². The van der Waals surface area contributed by atoms with Gasteiger partial charge >= 0.3 is 29.9 Å². The summed E-state index contributed by atoms with van der Waals surface area (Å²) in [5, 5.41) is 7.76. The fourth-order valence-electron chi connectivity index (χ4n) is 4.65. The molecule has 3 N–H and O–H groups in total. The fourth-order valence-corrected chi connectivity index (χ4v) is 4.65. The maximum absolute atomic E-state index is 13.7. The Morgan fingerprint density at radius 3 is 1.61 bits per heavy atom. The molecule has 51 heavy (non-hydrogen) atoms. The molecule has 0 bridgehead atoms. The van der Waals surface area contributed by atoms with Gasteiger partial charge in [-0.1, -0.05) is 62.9 Å². The molecule has 0 aliphatic rings. The molecule has 0 aliphatic carbocycles. The number of urea groups is 1.